The molecule has 120 valence electrons. The maximum Gasteiger partial charge on any atom is 0.573 e. The minimum absolute atomic E-state index is 0.120. The van der Waals surface area contributed by atoms with E-state index in [0.29, 0.717) is 5.56 Å². The first-order valence-electron chi connectivity index (χ1n) is 6.34. The third kappa shape index (κ3) is 5.63. The van der Waals surface area contributed by atoms with Crippen LogP contribution in [0.25, 0.3) is 6.08 Å². The van der Waals surface area contributed by atoms with Crippen molar-refractivity contribution in [2.24, 2.45) is 0 Å². The number of hydrogen-bond acceptors (Lipinski definition) is 2. The Morgan fingerprint density at radius 2 is 1.74 bits per heavy atom. The number of pyridine rings is 1. The second-order valence-corrected chi connectivity index (χ2v) is 4.74. The van der Waals surface area contributed by atoms with Gasteiger partial charge in [0.1, 0.15) is 10.8 Å². The van der Waals surface area contributed by atoms with Crippen LogP contribution in [0.4, 0.5) is 13.2 Å². The van der Waals surface area contributed by atoms with Crippen molar-refractivity contribution in [3.8, 4) is 5.75 Å². The highest BCUT2D eigenvalue weighted by Crippen LogP contribution is 2.23. The second kappa shape index (κ2) is 7.15. The van der Waals surface area contributed by atoms with E-state index in [9.17, 15) is 18.0 Å². The number of nitrogens with one attached hydrogen (secondary N) is 1. The molecule has 1 aromatic carbocycles. The molecule has 0 aliphatic rings. The van der Waals surface area contributed by atoms with Gasteiger partial charge in [0, 0.05) is 12.1 Å². The standard InChI is InChI=1S/C15H10ClF3N2O2/c16-13(14(22)20-21-8-2-1-3-9-21)10-11-4-6-12(7-5-11)23-15(17,18)19/h1-10H/p+1/b13-10-. The van der Waals surface area contributed by atoms with Gasteiger partial charge in [0.15, 0.2) is 12.4 Å². The molecule has 2 aromatic rings. The van der Waals surface area contributed by atoms with Gasteiger partial charge in [-0.2, -0.15) is 0 Å². The number of halogens is 4. The van der Waals surface area contributed by atoms with Gasteiger partial charge in [-0.3, -0.25) is 4.79 Å². The van der Waals surface area contributed by atoms with E-state index in [-0.39, 0.29) is 10.8 Å². The smallest absolute Gasteiger partial charge is 0.406 e. The third-order valence-corrected chi connectivity index (χ3v) is 2.85. The highest BCUT2D eigenvalue weighted by atomic mass is 35.5. The molecule has 1 heterocycles. The number of amides is 1. The van der Waals surface area contributed by atoms with Gasteiger partial charge in [-0.1, -0.05) is 34.5 Å². The van der Waals surface area contributed by atoms with Crippen LogP contribution in [0, 0.1) is 0 Å². The number of carbonyl (C=O) groups excluding carboxylic acids is 1. The van der Waals surface area contributed by atoms with Crippen LogP contribution in [-0.4, -0.2) is 12.3 Å². The Morgan fingerprint density at radius 1 is 1.13 bits per heavy atom. The molecule has 0 unspecified atom stereocenters. The topological polar surface area (TPSA) is 42.2 Å². The zero-order valence-electron chi connectivity index (χ0n) is 11.5. The molecule has 0 atom stereocenters. The number of benzene rings is 1. The highest BCUT2D eigenvalue weighted by molar-refractivity contribution is 6.45. The van der Waals surface area contributed by atoms with Crippen LogP contribution in [0.15, 0.2) is 59.9 Å². The molecule has 0 saturated heterocycles. The quantitative estimate of drug-likeness (QED) is 0.684. The lowest BCUT2D eigenvalue weighted by molar-refractivity contribution is -0.642. The van der Waals surface area contributed by atoms with E-state index < -0.39 is 12.3 Å². The molecule has 0 bridgehead atoms. The zero-order chi connectivity index (χ0) is 16.9. The van der Waals surface area contributed by atoms with E-state index in [1.54, 1.807) is 30.6 Å². The lowest BCUT2D eigenvalue weighted by atomic mass is 10.2. The molecule has 2 rings (SSSR count). The molecule has 0 radical (unpaired) electrons. The van der Waals surface area contributed by atoms with Crippen LogP contribution < -0.4 is 14.8 Å². The maximum atomic E-state index is 12.1. The first-order chi connectivity index (χ1) is 10.8. The molecule has 0 aliphatic carbocycles. The summed E-state index contributed by atoms with van der Waals surface area (Å²) in [5, 5.41) is -0.120. The lowest BCUT2D eigenvalue weighted by Crippen LogP contribution is -2.47. The van der Waals surface area contributed by atoms with Crippen molar-refractivity contribution in [1.82, 2.24) is 0 Å². The first-order valence-corrected chi connectivity index (χ1v) is 6.72. The summed E-state index contributed by atoms with van der Waals surface area (Å²) >= 11 is 5.89. The molecule has 1 N–H and O–H groups in total. The van der Waals surface area contributed by atoms with Crippen molar-refractivity contribution < 1.29 is 27.4 Å². The van der Waals surface area contributed by atoms with E-state index in [2.05, 4.69) is 10.2 Å². The van der Waals surface area contributed by atoms with Crippen LogP contribution >= 0.6 is 11.6 Å². The van der Waals surface area contributed by atoms with Gasteiger partial charge < -0.3 is 4.74 Å². The van der Waals surface area contributed by atoms with Gasteiger partial charge in [-0.15, -0.1) is 18.6 Å². The average molecular weight is 344 g/mol. The summed E-state index contributed by atoms with van der Waals surface area (Å²) in [6, 6.07) is 10.2. The Hall–Kier alpha value is -2.54. The second-order valence-electron chi connectivity index (χ2n) is 4.33. The molecule has 23 heavy (non-hydrogen) atoms. The molecule has 0 spiro atoms. The molecule has 1 amide bonds. The number of hydrogen-bond donors (Lipinski definition) is 1. The summed E-state index contributed by atoms with van der Waals surface area (Å²) in [6.45, 7) is 0. The molecular weight excluding hydrogens is 333 g/mol. The number of aromatic nitrogens is 1. The Morgan fingerprint density at radius 3 is 2.30 bits per heavy atom. The fourth-order valence-corrected chi connectivity index (χ4v) is 1.79. The largest absolute Gasteiger partial charge is 0.573 e. The summed E-state index contributed by atoms with van der Waals surface area (Å²) < 4.78 is 41.3. The fraction of sp³-hybridized carbons (Fsp3) is 0.0667. The first kappa shape index (κ1) is 16.8. The molecular formula is C15H11ClF3N2O2+. The van der Waals surface area contributed by atoms with Crippen molar-refractivity contribution in [2.45, 2.75) is 6.36 Å². The van der Waals surface area contributed by atoms with Gasteiger partial charge >= 0.3 is 12.3 Å². The third-order valence-electron chi connectivity index (χ3n) is 2.57. The van der Waals surface area contributed by atoms with E-state index in [0.717, 1.165) is 12.1 Å². The van der Waals surface area contributed by atoms with Gasteiger partial charge in [-0.05, 0) is 23.8 Å². The predicted octanol–water partition coefficient (Wildman–Crippen LogP) is 3.22. The van der Waals surface area contributed by atoms with Crippen LogP contribution in [0.1, 0.15) is 5.56 Å². The van der Waals surface area contributed by atoms with Crippen molar-refractivity contribution in [3.63, 3.8) is 0 Å². The fourth-order valence-electron chi connectivity index (χ4n) is 1.62. The van der Waals surface area contributed by atoms with Crippen LogP contribution in [0.5, 0.6) is 5.75 Å². The highest BCUT2D eigenvalue weighted by Gasteiger charge is 2.30. The van der Waals surface area contributed by atoms with Crippen molar-refractivity contribution >= 4 is 23.6 Å². The minimum atomic E-state index is -4.75. The number of ether oxygens (including phenoxy) is 1. The van der Waals surface area contributed by atoms with E-state index in [1.165, 1.54) is 22.9 Å². The van der Waals surface area contributed by atoms with Crippen LogP contribution in [-0.2, 0) is 4.79 Å². The zero-order valence-corrected chi connectivity index (χ0v) is 12.3. The summed E-state index contributed by atoms with van der Waals surface area (Å²) in [4.78, 5) is 11.9. The lowest BCUT2D eigenvalue weighted by Gasteiger charge is -2.08. The molecule has 0 aliphatic heterocycles. The Balaban J connectivity index is 2.04. The van der Waals surface area contributed by atoms with Crippen molar-refractivity contribution in [2.75, 3.05) is 5.43 Å². The van der Waals surface area contributed by atoms with Gasteiger partial charge in [0.25, 0.3) is 0 Å². The number of rotatable bonds is 4. The molecule has 1 aromatic heterocycles. The SMILES string of the molecule is O=C(N[n+]1ccccc1)/C(Cl)=C/c1ccc(OC(F)(F)F)cc1. The average Bonchev–Trinajstić information content (AvgIpc) is 2.48. The summed E-state index contributed by atoms with van der Waals surface area (Å²) in [6.07, 6.45) is -0.184. The molecule has 8 heteroatoms. The normalized spacial score (nSPS) is 11.9. The van der Waals surface area contributed by atoms with E-state index in [4.69, 9.17) is 11.6 Å². The van der Waals surface area contributed by atoms with Crippen LogP contribution in [0.2, 0.25) is 0 Å². The van der Waals surface area contributed by atoms with Gasteiger partial charge in [0.05, 0.1) is 0 Å². The van der Waals surface area contributed by atoms with Gasteiger partial charge in [-0.25, -0.2) is 0 Å². The number of alkyl halides is 3. The Labute approximate surface area is 134 Å². The summed E-state index contributed by atoms with van der Waals surface area (Å²) in [7, 11) is 0. The monoisotopic (exact) mass is 343 g/mol. The minimum Gasteiger partial charge on any atom is -0.406 e. The van der Waals surface area contributed by atoms with Gasteiger partial charge in [0.2, 0.25) is 0 Å². The number of carbonyl (C=O) groups is 1. The van der Waals surface area contributed by atoms with Crippen molar-refractivity contribution in [3.05, 3.63) is 65.5 Å². The van der Waals surface area contributed by atoms with E-state index in [1.807, 2.05) is 0 Å². The Bertz CT molecular complexity index is 701. The van der Waals surface area contributed by atoms with Crippen LogP contribution in [0.3, 0.4) is 0 Å². The maximum absolute atomic E-state index is 12.1. The molecule has 0 fully saturated rings. The van der Waals surface area contributed by atoms with E-state index >= 15 is 0 Å². The van der Waals surface area contributed by atoms with Crippen molar-refractivity contribution in [1.29, 1.82) is 0 Å². The summed E-state index contributed by atoms with van der Waals surface area (Å²) in [5.74, 6) is -0.909. The number of nitrogens with zero attached hydrogens (tertiary/aromatic N) is 1. The predicted molar refractivity (Wildman–Crippen MR) is 78.0 cm³/mol. The molecule has 0 saturated carbocycles. The summed E-state index contributed by atoms with van der Waals surface area (Å²) in [5.41, 5.74) is 2.96. The Kier molecular flexibility index (Phi) is 5.23. The molecule has 4 nitrogen and oxygen atoms in total.